The maximum Gasteiger partial charge on any atom is 0.0778 e. The van der Waals surface area contributed by atoms with Crippen LogP contribution in [0.4, 0.5) is 11.4 Å². The van der Waals surface area contributed by atoms with E-state index in [-0.39, 0.29) is 0 Å². The molecule has 1 aliphatic heterocycles. The first-order valence-corrected chi connectivity index (χ1v) is 5.65. The molecule has 0 saturated carbocycles. The topological polar surface area (TPSA) is 42.1 Å². The Balaban J connectivity index is 2.39. The number of nitrogens with zero attached hydrogens (tertiary/aromatic N) is 2. The van der Waals surface area contributed by atoms with Gasteiger partial charge >= 0.3 is 0 Å². The fraction of sp³-hybridized carbons (Fsp3) is 0.500. The number of hydrogen-bond donors (Lipinski definition) is 1. The first-order chi connectivity index (χ1) is 6.70. The zero-order valence-corrected chi connectivity index (χ0v) is 9.79. The molecule has 1 fully saturated rings. The third kappa shape index (κ3) is 1.59. The van der Waals surface area contributed by atoms with E-state index in [1.807, 2.05) is 0 Å². The van der Waals surface area contributed by atoms with E-state index in [0.29, 0.717) is 6.04 Å². The molecule has 1 aromatic rings. The second-order valence-corrected chi connectivity index (χ2v) is 4.60. The molecule has 0 aliphatic carbocycles. The van der Waals surface area contributed by atoms with E-state index >= 15 is 0 Å². The van der Waals surface area contributed by atoms with Crippen LogP contribution in [0.3, 0.4) is 0 Å². The zero-order valence-electron chi connectivity index (χ0n) is 8.20. The van der Waals surface area contributed by atoms with E-state index < -0.39 is 0 Å². The van der Waals surface area contributed by atoms with E-state index in [2.05, 4.69) is 32.7 Å². The van der Waals surface area contributed by atoms with E-state index in [9.17, 15) is 0 Å². The maximum atomic E-state index is 5.93. The summed E-state index contributed by atoms with van der Waals surface area (Å²) in [5, 5.41) is 0. The lowest BCUT2D eigenvalue weighted by Gasteiger charge is -2.26. The van der Waals surface area contributed by atoms with E-state index in [0.717, 1.165) is 22.4 Å². The standard InChI is InChI=1S/C10H14BrN3/c1-7-3-2-4-14(7)10-8(11)5-13-6-9(10)12/h5-7H,2-4,12H2,1H3. The molecule has 0 bridgehead atoms. The molecule has 76 valence electrons. The zero-order chi connectivity index (χ0) is 10.1. The van der Waals surface area contributed by atoms with Crippen molar-refractivity contribution >= 4 is 27.3 Å². The van der Waals surface area contributed by atoms with Crippen molar-refractivity contribution in [2.24, 2.45) is 0 Å². The molecule has 1 saturated heterocycles. The normalized spacial score (nSPS) is 21.6. The summed E-state index contributed by atoms with van der Waals surface area (Å²) in [6.07, 6.45) is 6.01. The van der Waals surface area contributed by atoms with Crippen molar-refractivity contribution in [1.29, 1.82) is 0 Å². The summed E-state index contributed by atoms with van der Waals surface area (Å²) < 4.78 is 0.992. The summed E-state index contributed by atoms with van der Waals surface area (Å²) in [5.74, 6) is 0. The predicted octanol–water partition coefficient (Wildman–Crippen LogP) is 2.42. The smallest absolute Gasteiger partial charge is 0.0778 e. The Hall–Kier alpha value is -0.770. The summed E-state index contributed by atoms with van der Waals surface area (Å²) in [4.78, 5) is 6.39. The van der Waals surface area contributed by atoms with Gasteiger partial charge < -0.3 is 10.6 Å². The number of rotatable bonds is 1. The van der Waals surface area contributed by atoms with Crippen molar-refractivity contribution in [2.45, 2.75) is 25.8 Å². The van der Waals surface area contributed by atoms with Gasteiger partial charge in [0.2, 0.25) is 0 Å². The van der Waals surface area contributed by atoms with E-state index in [4.69, 9.17) is 5.73 Å². The summed E-state index contributed by atoms with van der Waals surface area (Å²) in [7, 11) is 0. The van der Waals surface area contributed by atoms with Gasteiger partial charge in [0, 0.05) is 18.8 Å². The average molecular weight is 256 g/mol. The van der Waals surface area contributed by atoms with Crippen LogP contribution in [-0.4, -0.2) is 17.6 Å². The molecule has 0 amide bonds. The van der Waals surface area contributed by atoms with Gasteiger partial charge in [-0.2, -0.15) is 0 Å². The molecule has 4 heteroatoms. The van der Waals surface area contributed by atoms with Crippen molar-refractivity contribution in [2.75, 3.05) is 17.2 Å². The van der Waals surface area contributed by atoms with Crippen LogP contribution in [0.15, 0.2) is 16.9 Å². The lowest BCUT2D eigenvalue weighted by molar-refractivity contribution is 0.734. The van der Waals surface area contributed by atoms with Crippen LogP contribution < -0.4 is 10.6 Å². The van der Waals surface area contributed by atoms with Crippen LogP contribution >= 0.6 is 15.9 Å². The number of pyridine rings is 1. The van der Waals surface area contributed by atoms with E-state index in [1.54, 1.807) is 12.4 Å². The molecule has 2 rings (SSSR count). The van der Waals surface area contributed by atoms with Gasteiger partial charge in [-0.05, 0) is 35.7 Å². The first kappa shape index (κ1) is 9.77. The van der Waals surface area contributed by atoms with Crippen molar-refractivity contribution in [3.63, 3.8) is 0 Å². The van der Waals surface area contributed by atoms with Crippen molar-refractivity contribution in [3.05, 3.63) is 16.9 Å². The Kier molecular flexibility index (Phi) is 2.63. The van der Waals surface area contributed by atoms with Gasteiger partial charge in [0.05, 0.1) is 22.0 Å². The molecule has 1 aliphatic rings. The molecule has 0 spiro atoms. The van der Waals surface area contributed by atoms with E-state index in [1.165, 1.54) is 12.8 Å². The molecule has 3 nitrogen and oxygen atoms in total. The summed E-state index contributed by atoms with van der Waals surface area (Å²) >= 11 is 3.50. The van der Waals surface area contributed by atoms with Gasteiger partial charge in [-0.3, -0.25) is 4.98 Å². The van der Waals surface area contributed by atoms with Crippen molar-refractivity contribution < 1.29 is 0 Å². The highest BCUT2D eigenvalue weighted by Gasteiger charge is 2.23. The van der Waals surface area contributed by atoms with Crippen molar-refractivity contribution in [3.8, 4) is 0 Å². The molecular weight excluding hydrogens is 242 g/mol. The molecule has 2 N–H and O–H groups in total. The van der Waals surface area contributed by atoms with Gasteiger partial charge in [0.1, 0.15) is 0 Å². The van der Waals surface area contributed by atoms with Crippen molar-refractivity contribution in [1.82, 2.24) is 4.98 Å². The van der Waals surface area contributed by atoms with Gasteiger partial charge in [-0.1, -0.05) is 0 Å². The third-order valence-corrected chi connectivity index (χ3v) is 3.32. The second-order valence-electron chi connectivity index (χ2n) is 3.74. The Bertz CT molecular complexity index is 320. The Morgan fingerprint density at radius 3 is 2.93 bits per heavy atom. The largest absolute Gasteiger partial charge is 0.396 e. The lowest BCUT2D eigenvalue weighted by atomic mass is 10.2. The minimum absolute atomic E-state index is 0.580. The van der Waals surface area contributed by atoms with Crippen LogP contribution in [-0.2, 0) is 0 Å². The monoisotopic (exact) mass is 255 g/mol. The molecule has 0 radical (unpaired) electrons. The molecule has 2 heterocycles. The fourth-order valence-electron chi connectivity index (χ4n) is 2.01. The molecule has 1 aromatic heterocycles. The van der Waals surface area contributed by atoms with Crippen LogP contribution in [0.2, 0.25) is 0 Å². The molecular formula is C10H14BrN3. The number of aromatic nitrogens is 1. The number of anilines is 2. The average Bonchev–Trinajstić information content (AvgIpc) is 2.52. The summed E-state index contributed by atoms with van der Waals surface area (Å²) in [5.41, 5.74) is 7.79. The Morgan fingerprint density at radius 2 is 2.36 bits per heavy atom. The third-order valence-electron chi connectivity index (χ3n) is 2.74. The quantitative estimate of drug-likeness (QED) is 0.839. The Morgan fingerprint density at radius 1 is 1.57 bits per heavy atom. The van der Waals surface area contributed by atoms with Gasteiger partial charge in [0.15, 0.2) is 0 Å². The number of halogens is 1. The number of nitrogens with two attached hydrogens (primary N) is 1. The number of hydrogen-bond acceptors (Lipinski definition) is 3. The molecule has 0 aromatic carbocycles. The molecule has 14 heavy (non-hydrogen) atoms. The van der Waals surface area contributed by atoms with Gasteiger partial charge in [-0.25, -0.2) is 0 Å². The maximum absolute atomic E-state index is 5.93. The highest BCUT2D eigenvalue weighted by atomic mass is 79.9. The predicted molar refractivity (Wildman–Crippen MR) is 62.4 cm³/mol. The summed E-state index contributed by atoms with van der Waals surface area (Å²) in [6.45, 7) is 3.33. The highest BCUT2D eigenvalue weighted by Crippen LogP contribution is 2.35. The number of nitrogen functional groups attached to an aromatic ring is 1. The highest BCUT2D eigenvalue weighted by molar-refractivity contribution is 9.10. The lowest BCUT2D eigenvalue weighted by Crippen LogP contribution is -2.27. The second kappa shape index (κ2) is 3.77. The van der Waals surface area contributed by atoms with Crippen LogP contribution in [0, 0.1) is 0 Å². The van der Waals surface area contributed by atoms with Gasteiger partial charge in [-0.15, -0.1) is 0 Å². The Labute approximate surface area is 92.4 Å². The fourth-order valence-corrected chi connectivity index (χ4v) is 2.59. The van der Waals surface area contributed by atoms with Gasteiger partial charge in [0.25, 0.3) is 0 Å². The molecule has 1 atom stereocenters. The minimum Gasteiger partial charge on any atom is -0.396 e. The SMILES string of the molecule is CC1CCCN1c1c(N)cncc1Br. The summed E-state index contributed by atoms with van der Waals surface area (Å²) in [6, 6.07) is 0.580. The van der Waals surface area contributed by atoms with Crippen LogP contribution in [0.1, 0.15) is 19.8 Å². The van der Waals surface area contributed by atoms with Crippen LogP contribution in [0.25, 0.3) is 0 Å². The first-order valence-electron chi connectivity index (χ1n) is 4.86. The van der Waals surface area contributed by atoms with Crippen LogP contribution in [0.5, 0.6) is 0 Å². The molecule has 1 unspecified atom stereocenters. The minimum atomic E-state index is 0.580.